The first-order valence-corrected chi connectivity index (χ1v) is 4.61. The van der Waals surface area contributed by atoms with Crippen LogP contribution in [0.4, 0.5) is 5.69 Å². The molecule has 0 aliphatic rings. The molecule has 1 aromatic carbocycles. The zero-order chi connectivity index (χ0) is 12.0. The zero-order valence-electron chi connectivity index (χ0n) is 8.59. The van der Waals surface area contributed by atoms with Crippen molar-refractivity contribution in [3.8, 4) is 0 Å². The second-order valence-corrected chi connectivity index (χ2v) is 3.00. The number of rotatable bonds is 5. The minimum Gasteiger partial charge on any atom is -0.480 e. The summed E-state index contributed by atoms with van der Waals surface area (Å²) in [5.74, 6) is -1.49. The van der Waals surface area contributed by atoms with Crippen molar-refractivity contribution in [2.45, 2.75) is 0 Å². The van der Waals surface area contributed by atoms with E-state index in [1.807, 2.05) is 0 Å². The first-order chi connectivity index (χ1) is 7.63. The number of benzene rings is 1. The highest BCUT2D eigenvalue weighted by atomic mass is 16.4. The molecule has 1 rings (SSSR count). The van der Waals surface area contributed by atoms with Gasteiger partial charge in [-0.3, -0.25) is 20.0 Å². The Kier molecular flexibility index (Phi) is 4.08. The van der Waals surface area contributed by atoms with Crippen LogP contribution < -0.4 is 10.4 Å². The van der Waals surface area contributed by atoms with Crippen LogP contribution in [0.3, 0.4) is 0 Å². The molecule has 0 aromatic heterocycles. The second-order valence-electron chi connectivity index (χ2n) is 3.00. The highest BCUT2D eigenvalue weighted by molar-refractivity contribution is 5.89. The maximum absolute atomic E-state index is 11.1. The fraction of sp³-hybridized carbons (Fsp3) is 0.0909. The number of aliphatic carboxylic acids is 1. The molecule has 0 aliphatic carbocycles. The van der Waals surface area contributed by atoms with E-state index >= 15 is 0 Å². The molecule has 1 amide bonds. The maximum Gasteiger partial charge on any atom is 0.325 e. The van der Waals surface area contributed by atoms with Crippen molar-refractivity contribution < 1.29 is 14.7 Å². The van der Waals surface area contributed by atoms with Crippen LogP contribution in [0.25, 0.3) is 0 Å². The van der Waals surface area contributed by atoms with E-state index in [0.29, 0.717) is 5.69 Å². The first kappa shape index (κ1) is 11.8. The van der Waals surface area contributed by atoms with Crippen molar-refractivity contribution in [1.82, 2.24) is 5.43 Å². The molecular formula is C11H12N2O3. The Labute approximate surface area is 93.0 Å². The molecule has 0 aliphatic heterocycles. The van der Waals surface area contributed by atoms with Gasteiger partial charge >= 0.3 is 5.97 Å². The van der Waals surface area contributed by atoms with Crippen LogP contribution in [0.1, 0.15) is 0 Å². The molecule has 0 unspecified atom stereocenters. The van der Waals surface area contributed by atoms with E-state index < -0.39 is 11.9 Å². The number of para-hydroxylation sites is 1. The number of carbonyl (C=O) groups is 2. The molecule has 0 atom stereocenters. The van der Waals surface area contributed by atoms with Crippen LogP contribution in [0.15, 0.2) is 43.0 Å². The summed E-state index contributed by atoms with van der Waals surface area (Å²) in [6.45, 7) is 2.98. The standard InChI is InChI=1S/C11H12N2O3/c1-2-10(14)12-13(8-11(15)16)9-6-4-3-5-7-9/h2-7H,1,8H2,(H,12,14)(H,15,16). The molecule has 84 valence electrons. The lowest BCUT2D eigenvalue weighted by Crippen LogP contribution is -2.44. The Balaban J connectivity index is 2.83. The van der Waals surface area contributed by atoms with Crippen molar-refractivity contribution in [3.63, 3.8) is 0 Å². The molecule has 0 saturated heterocycles. The highest BCUT2D eigenvalue weighted by Crippen LogP contribution is 2.10. The molecule has 5 nitrogen and oxygen atoms in total. The fourth-order valence-electron chi connectivity index (χ4n) is 1.12. The topological polar surface area (TPSA) is 69.6 Å². The number of anilines is 1. The molecule has 2 N–H and O–H groups in total. The minimum absolute atomic E-state index is 0.316. The monoisotopic (exact) mass is 220 g/mol. The van der Waals surface area contributed by atoms with E-state index in [0.717, 1.165) is 6.08 Å². The van der Waals surface area contributed by atoms with E-state index in [1.165, 1.54) is 5.01 Å². The van der Waals surface area contributed by atoms with Gasteiger partial charge in [-0.25, -0.2) is 0 Å². The van der Waals surface area contributed by atoms with Crippen LogP contribution in [0.2, 0.25) is 0 Å². The van der Waals surface area contributed by atoms with E-state index in [9.17, 15) is 9.59 Å². The lowest BCUT2D eigenvalue weighted by molar-refractivity contribution is -0.135. The molecule has 0 spiro atoms. The lowest BCUT2D eigenvalue weighted by Gasteiger charge is -2.22. The van der Waals surface area contributed by atoms with E-state index in [4.69, 9.17) is 5.11 Å². The zero-order valence-corrected chi connectivity index (χ0v) is 8.59. The maximum atomic E-state index is 11.1. The summed E-state index contributed by atoms with van der Waals surface area (Å²) in [7, 11) is 0. The molecule has 5 heteroatoms. The minimum atomic E-state index is -1.03. The van der Waals surface area contributed by atoms with Crippen molar-refractivity contribution in [3.05, 3.63) is 43.0 Å². The normalized spacial score (nSPS) is 9.25. The quantitative estimate of drug-likeness (QED) is 0.568. The molecular weight excluding hydrogens is 208 g/mol. The summed E-state index contributed by atoms with van der Waals surface area (Å²) in [5.41, 5.74) is 3.01. The first-order valence-electron chi connectivity index (χ1n) is 4.61. The number of nitrogens with zero attached hydrogens (tertiary/aromatic N) is 1. The van der Waals surface area contributed by atoms with E-state index in [1.54, 1.807) is 30.3 Å². The average Bonchev–Trinajstić information content (AvgIpc) is 2.28. The summed E-state index contributed by atoms with van der Waals surface area (Å²) < 4.78 is 0. The number of carbonyl (C=O) groups excluding carboxylic acids is 1. The summed E-state index contributed by atoms with van der Waals surface area (Å²) >= 11 is 0. The van der Waals surface area contributed by atoms with Gasteiger partial charge in [-0.2, -0.15) is 0 Å². The predicted molar refractivity (Wildman–Crippen MR) is 59.8 cm³/mol. The number of hydrazine groups is 1. The second kappa shape index (κ2) is 5.55. The molecule has 1 aromatic rings. The summed E-state index contributed by atoms with van der Waals surface area (Å²) in [5, 5.41) is 9.95. The third kappa shape index (κ3) is 3.45. The van der Waals surface area contributed by atoms with Gasteiger partial charge in [0.2, 0.25) is 0 Å². The molecule has 0 saturated carbocycles. The predicted octanol–water partition coefficient (Wildman–Crippen LogP) is 0.795. The van der Waals surface area contributed by atoms with Crippen LogP contribution in [-0.2, 0) is 9.59 Å². The van der Waals surface area contributed by atoms with E-state index in [-0.39, 0.29) is 6.54 Å². The third-order valence-electron chi connectivity index (χ3n) is 1.79. The van der Waals surface area contributed by atoms with Gasteiger partial charge in [0, 0.05) is 0 Å². The number of nitrogens with one attached hydrogen (secondary N) is 1. The summed E-state index contributed by atoms with van der Waals surface area (Å²) in [6.07, 6.45) is 1.08. The molecule has 0 heterocycles. The number of carboxylic acid groups (broad SMARTS) is 1. The Bertz CT molecular complexity index is 389. The number of carboxylic acids is 1. The average molecular weight is 220 g/mol. The van der Waals surface area contributed by atoms with Crippen molar-refractivity contribution >= 4 is 17.6 Å². The Hall–Kier alpha value is -2.30. The van der Waals surface area contributed by atoms with Gasteiger partial charge in [0.1, 0.15) is 6.54 Å². The SMILES string of the molecule is C=CC(=O)NN(CC(=O)O)c1ccccc1. The van der Waals surface area contributed by atoms with Crippen LogP contribution in [0, 0.1) is 0 Å². The van der Waals surface area contributed by atoms with Crippen molar-refractivity contribution in [2.75, 3.05) is 11.6 Å². The largest absolute Gasteiger partial charge is 0.480 e. The Morgan fingerprint density at radius 2 is 2.00 bits per heavy atom. The van der Waals surface area contributed by atoms with Crippen LogP contribution in [-0.4, -0.2) is 23.5 Å². The van der Waals surface area contributed by atoms with Gasteiger partial charge < -0.3 is 5.11 Å². The highest BCUT2D eigenvalue weighted by Gasteiger charge is 2.11. The fourth-order valence-corrected chi connectivity index (χ4v) is 1.12. The third-order valence-corrected chi connectivity index (χ3v) is 1.79. The van der Waals surface area contributed by atoms with Gasteiger partial charge in [-0.15, -0.1) is 0 Å². The molecule has 16 heavy (non-hydrogen) atoms. The Morgan fingerprint density at radius 1 is 1.38 bits per heavy atom. The number of hydrogen-bond donors (Lipinski definition) is 2. The smallest absolute Gasteiger partial charge is 0.325 e. The van der Waals surface area contributed by atoms with Crippen molar-refractivity contribution in [1.29, 1.82) is 0 Å². The van der Waals surface area contributed by atoms with Gasteiger partial charge in [-0.05, 0) is 18.2 Å². The van der Waals surface area contributed by atoms with Gasteiger partial charge in [0.25, 0.3) is 5.91 Å². The molecule has 0 bridgehead atoms. The lowest BCUT2D eigenvalue weighted by atomic mass is 10.3. The summed E-state index contributed by atoms with van der Waals surface area (Å²) in [6, 6.07) is 8.71. The van der Waals surface area contributed by atoms with Crippen LogP contribution >= 0.6 is 0 Å². The summed E-state index contributed by atoms with van der Waals surface area (Å²) in [4.78, 5) is 21.7. The van der Waals surface area contributed by atoms with Gasteiger partial charge in [0.15, 0.2) is 0 Å². The number of hydrogen-bond acceptors (Lipinski definition) is 3. The van der Waals surface area contributed by atoms with E-state index in [2.05, 4.69) is 12.0 Å². The number of amides is 1. The van der Waals surface area contributed by atoms with Crippen molar-refractivity contribution in [2.24, 2.45) is 0 Å². The Morgan fingerprint density at radius 3 is 2.50 bits per heavy atom. The van der Waals surface area contributed by atoms with Gasteiger partial charge in [0.05, 0.1) is 5.69 Å². The van der Waals surface area contributed by atoms with Crippen LogP contribution in [0.5, 0.6) is 0 Å². The van der Waals surface area contributed by atoms with Gasteiger partial charge in [-0.1, -0.05) is 24.8 Å². The molecule has 0 radical (unpaired) electrons. The molecule has 0 fully saturated rings.